The summed E-state index contributed by atoms with van der Waals surface area (Å²) in [6.45, 7) is 5.51. The zero-order valence-electron chi connectivity index (χ0n) is 9.29. The summed E-state index contributed by atoms with van der Waals surface area (Å²) in [6, 6.07) is 0. The fraction of sp³-hybridized carbons (Fsp3) is 0.909. The van der Waals surface area contributed by atoms with Gasteiger partial charge in [-0.05, 0) is 38.9 Å². The first-order chi connectivity index (χ1) is 6.77. The lowest BCUT2D eigenvalue weighted by Gasteiger charge is -2.30. The SMILES string of the molecule is CCCCN1CCC(C(=O)OC)CC1. The minimum atomic E-state index is -0.0276. The molecular formula is C11H21NO2. The van der Waals surface area contributed by atoms with E-state index >= 15 is 0 Å². The maximum absolute atomic E-state index is 11.2. The average Bonchev–Trinajstić information content (AvgIpc) is 2.26. The zero-order chi connectivity index (χ0) is 10.4. The van der Waals surface area contributed by atoms with Gasteiger partial charge in [-0.2, -0.15) is 0 Å². The van der Waals surface area contributed by atoms with E-state index in [1.165, 1.54) is 26.5 Å². The molecule has 0 unspecified atom stereocenters. The van der Waals surface area contributed by atoms with Crippen LogP contribution in [0.4, 0.5) is 0 Å². The van der Waals surface area contributed by atoms with E-state index in [9.17, 15) is 4.79 Å². The Balaban J connectivity index is 2.20. The van der Waals surface area contributed by atoms with E-state index in [0.29, 0.717) is 0 Å². The summed E-state index contributed by atoms with van der Waals surface area (Å²) >= 11 is 0. The van der Waals surface area contributed by atoms with Crippen LogP contribution in [-0.4, -0.2) is 37.6 Å². The molecule has 0 atom stereocenters. The van der Waals surface area contributed by atoms with Crippen LogP contribution >= 0.6 is 0 Å². The summed E-state index contributed by atoms with van der Waals surface area (Å²) in [7, 11) is 1.48. The molecule has 1 aliphatic heterocycles. The third-order valence-electron chi connectivity index (χ3n) is 2.95. The van der Waals surface area contributed by atoms with Gasteiger partial charge in [0, 0.05) is 0 Å². The third-order valence-corrected chi connectivity index (χ3v) is 2.95. The highest BCUT2D eigenvalue weighted by Crippen LogP contribution is 2.18. The molecule has 1 saturated heterocycles. The minimum absolute atomic E-state index is 0.0276. The Morgan fingerprint density at radius 1 is 1.43 bits per heavy atom. The lowest BCUT2D eigenvalue weighted by atomic mass is 9.97. The highest BCUT2D eigenvalue weighted by molar-refractivity contribution is 5.72. The second kappa shape index (κ2) is 6.02. The number of piperidine rings is 1. The highest BCUT2D eigenvalue weighted by Gasteiger charge is 2.24. The summed E-state index contributed by atoms with van der Waals surface area (Å²) in [4.78, 5) is 13.7. The van der Waals surface area contributed by atoms with Crippen molar-refractivity contribution in [1.82, 2.24) is 4.90 Å². The van der Waals surface area contributed by atoms with Crippen LogP contribution < -0.4 is 0 Å². The Morgan fingerprint density at radius 3 is 2.57 bits per heavy atom. The fourth-order valence-corrected chi connectivity index (χ4v) is 1.94. The Morgan fingerprint density at radius 2 is 2.07 bits per heavy atom. The second-order valence-corrected chi connectivity index (χ2v) is 3.99. The summed E-state index contributed by atoms with van der Waals surface area (Å²) in [6.07, 6.45) is 4.45. The number of carbonyl (C=O) groups is 1. The van der Waals surface area contributed by atoms with Crippen LogP contribution in [-0.2, 0) is 9.53 Å². The molecular weight excluding hydrogens is 178 g/mol. The van der Waals surface area contributed by atoms with Crippen molar-refractivity contribution in [3.05, 3.63) is 0 Å². The van der Waals surface area contributed by atoms with Crippen molar-refractivity contribution in [3.63, 3.8) is 0 Å². The van der Waals surface area contributed by atoms with Gasteiger partial charge in [0.25, 0.3) is 0 Å². The zero-order valence-corrected chi connectivity index (χ0v) is 9.29. The molecule has 82 valence electrons. The van der Waals surface area contributed by atoms with E-state index in [1.807, 2.05) is 0 Å². The minimum Gasteiger partial charge on any atom is -0.469 e. The van der Waals surface area contributed by atoms with Crippen LogP contribution in [0.2, 0.25) is 0 Å². The molecule has 1 aliphatic rings. The predicted molar refractivity (Wildman–Crippen MR) is 56.1 cm³/mol. The molecule has 0 aromatic rings. The number of methoxy groups -OCH3 is 1. The predicted octanol–water partition coefficient (Wildman–Crippen LogP) is 1.67. The van der Waals surface area contributed by atoms with E-state index in [1.54, 1.807) is 0 Å². The quantitative estimate of drug-likeness (QED) is 0.645. The van der Waals surface area contributed by atoms with Crippen molar-refractivity contribution in [2.45, 2.75) is 32.6 Å². The normalized spacial score (nSPS) is 19.6. The van der Waals surface area contributed by atoms with Crippen molar-refractivity contribution in [3.8, 4) is 0 Å². The molecule has 0 amide bonds. The first-order valence-electron chi connectivity index (χ1n) is 5.58. The number of rotatable bonds is 4. The maximum Gasteiger partial charge on any atom is 0.308 e. The van der Waals surface area contributed by atoms with Gasteiger partial charge < -0.3 is 9.64 Å². The van der Waals surface area contributed by atoms with Gasteiger partial charge in [0.05, 0.1) is 13.0 Å². The van der Waals surface area contributed by atoms with Gasteiger partial charge in [-0.15, -0.1) is 0 Å². The van der Waals surface area contributed by atoms with Crippen LogP contribution in [0.15, 0.2) is 0 Å². The van der Waals surface area contributed by atoms with E-state index in [4.69, 9.17) is 4.74 Å². The second-order valence-electron chi connectivity index (χ2n) is 3.99. The number of unbranched alkanes of at least 4 members (excludes halogenated alkanes) is 1. The van der Waals surface area contributed by atoms with Gasteiger partial charge >= 0.3 is 5.97 Å². The van der Waals surface area contributed by atoms with Gasteiger partial charge in [0.1, 0.15) is 0 Å². The smallest absolute Gasteiger partial charge is 0.308 e. The van der Waals surface area contributed by atoms with Crippen LogP contribution in [0, 0.1) is 5.92 Å². The van der Waals surface area contributed by atoms with Gasteiger partial charge in [0.15, 0.2) is 0 Å². The molecule has 0 bridgehead atoms. The number of nitrogens with zero attached hydrogens (tertiary/aromatic N) is 1. The molecule has 0 aromatic heterocycles. The van der Waals surface area contributed by atoms with Gasteiger partial charge in [-0.1, -0.05) is 13.3 Å². The molecule has 3 heteroatoms. The highest BCUT2D eigenvalue weighted by atomic mass is 16.5. The average molecular weight is 199 g/mol. The van der Waals surface area contributed by atoms with Crippen molar-refractivity contribution < 1.29 is 9.53 Å². The Bertz CT molecular complexity index is 174. The Kier molecular flexibility index (Phi) is 4.94. The number of likely N-dealkylation sites (tertiary alicyclic amines) is 1. The molecule has 0 aliphatic carbocycles. The maximum atomic E-state index is 11.2. The molecule has 0 spiro atoms. The number of hydrogen-bond acceptors (Lipinski definition) is 3. The van der Waals surface area contributed by atoms with Gasteiger partial charge in [0.2, 0.25) is 0 Å². The third kappa shape index (κ3) is 3.29. The van der Waals surface area contributed by atoms with Crippen molar-refractivity contribution >= 4 is 5.97 Å². The van der Waals surface area contributed by atoms with Gasteiger partial charge in [-0.3, -0.25) is 4.79 Å². The lowest BCUT2D eigenvalue weighted by Crippen LogP contribution is -2.37. The van der Waals surface area contributed by atoms with Crippen molar-refractivity contribution in [1.29, 1.82) is 0 Å². The van der Waals surface area contributed by atoms with Gasteiger partial charge in [-0.25, -0.2) is 0 Å². The lowest BCUT2D eigenvalue weighted by molar-refractivity contribution is -0.147. The van der Waals surface area contributed by atoms with Crippen molar-refractivity contribution in [2.24, 2.45) is 5.92 Å². The van der Waals surface area contributed by atoms with E-state index in [0.717, 1.165) is 25.9 Å². The molecule has 1 heterocycles. The standard InChI is InChI=1S/C11H21NO2/c1-3-4-7-12-8-5-10(6-9-12)11(13)14-2/h10H,3-9H2,1-2H3. The Labute approximate surface area is 86.4 Å². The molecule has 1 rings (SSSR count). The molecule has 0 radical (unpaired) electrons. The number of ether oxygens (including phenoxy) is 1. The Hall–Kier alpha value is -0.570. The van der Waals surface area contributed by atoms with Crippen LogP contribution in [0.25, 0.3) is 0 Å². The monoisotopic (exact) mass is 199 g/mol. The number of carbonyl (C=O) groups excluding carboxylic acids is 1. The first kappa shape index (κ1) is 11.5. The molecule has 0 saturated carbocycles. The van der Waals surface area contributed by atoms with Crippen molar-refractivity contribution in [2.75, 3.05) is 26.7 Å². The molecule has 3 nitrogen and oxygen atoms in total. The molecule has 0 N–H and O–H groups in total. The molecule has 14 heavy (non-hydrogen) atoms. The first-order valence-corrected chi connectivity index (χ1v) is 5.58. The van der Waals surface area contributed by atoms with E-state index in [2.05, 4.69) is 11.8 Å². The van der Waals surface area contributed by atoms with Crippen LogP contribution in [0.5, 0.6) is 0 Å². The fourth-order valence-electron chi connectivity index (χ4n) is 1.94. The summed E-state index contributed by atoms with van der Waals surface area (Å²) < 4.78 is 4.75. The molecule has 1 fully saturated rings. The van der Waals surface area contributed by atoms with E-state index < -0.39 is 0 Å². The number of esters is 1. The van der Waals surface area contributed by atoms with Crippen LogP contribution in [0.1, 0.15) is 32.6 Å². The molecule has 0 aromatic carbocycles. The topological polar surface area (TPSA) is 29.5 Å². The summed E-state index contributed by atoms with van der Waals surface area (Å²) in [5.74, 6) is 0.123. The largest absolute Gasteiger partial charge is 0.469 e. The van der Waals surface area contributed by atoms with E-state index in [-0.39, 0.29) is 11.9 Å². The number of hydrogen-bond donors (Lipinski definition) is 0. The summed E-state index contributed by atoms with van der Waals surface area (Å²) in [5, 5.41) is 0. The summed E-state index contributed by atoms with van der Waals surface area (Å²) in [5.41, 5.74) is 0. The van der Waals surface area contributed by atoms with Crippen LogP contribution in [0.3, 0.4) is 0 Å².